The molecule has 27 heavy (non-hydrogen) atoms. The number of carbonyl (C=O) groups is 1. The number of alkyl halides is 3. The first kappa shape index (κ1) is 19.6. The molecule has 0 spiro atoms. The normalized spacial score (nSPS) is 11.6. The van der Waals surface area contributed by atoms with Crippen LogP contribution in [-0.2, 0) is 4.74 Å². The first-order valence-corrected chi connectivity index (χ1v) is 8.33. The van der Waals surface area contributed by atoms with Crippen molar-refractivity contribution in [1.29, 1.82) is 0 Å². The second-order valence-corrected chi connectivity index (χ2v) is 7.79. The van der Waals surface area contributed by atoms with Crippen LogP contribution in [0.4, 0.5) is 23.8 Å². The lowest BCUT2D eigenvalue weighted by molar-refractivity contribution is 0.163. The fraction of sp³-hybridized carbons (Fsp3) is 0.125. The summed E-state index contributed by atoms with van der Waals surface area (Å²) in [5.41, 5.74) is -0.870. The topological polar surface area (TPSA) is 64.4 Å². The lowest BCUT2D eigenvalue weighted by Gasteiger charge is -2.11. The Labute approximate surface area is 164 Å². The zero-order valence-corrected chi connectivity index (χ0v) is 15.3. The lowest BCUT2D eigenvalue weighted by atomic mass is 10.00. The van der Waals surface area contributed by atoms with Gasteiger partial charge in [0.2, 0.25) is 3.79 Å². The van der Waals surface area contributed by atoms with Gasteiger partial charge in [0.05, 0.1) is 10.9 Å². The van der Waals surface area contributed by atoms with Crippen molar-refractivity contribution in [2.75, 3.05) is 11.9 Å². The van der Waals surface area contributed by atoms with E-state index in [0.29, 0.717) is 0 Å². The molecular weight excluding hydrogens is 432 g/mol. The molecule has 3 rings (SSSR count). The number of fused-ring (bicyclic) bond motifs is 1. The molecule has 1 N–H and O–H groups in total. The number of ether oxygens (including phenoxy) is 1. The van der Waals surface area contributed by atoms with E-state index in [0.717, 1.165) is 30.3 Å². The first-order chi connectivity index (χ1) is 12.7. The molecule has 1 aromatic heterocycles. The van der Waals surface area contributed by atoms with Gasteiger partial charge in [-0.1, -0.05) is 46.0 Å². The Kier molecular flexibility index (Phi) is 5.41. The molecule has 3 aromatic rings. The minimum absolute atomic E-state index is 0.0359. The smallest absolute Gasteiger partial charge is 0.413 e. The minimum Gasteiger partial charge on any atom is -0.445 e. The third kappa shape index (κ3) is 4.40. The number of aromatic nitrogens is 1. The third-order valence-corrected chi connectivity index (χ3v) is 3.69. The zero-order chi connectivity index (χ0) is 19.8. The molecule has 0 saturated heterocycles. The summed E-state index contributed by atoms with van der Waals surface area (Å²) < 4.78 is 50.0. The lowest BCUT2D eigenvalue weighted by Crippen LogP contribution is -2.21. The van der Waals surface area contributed by atoms with Gasteiger partial charge in [-0.15, -0.1) is 0 Å². The summed E-state index contributed by atoms with van der Waals surface area (Å²) in [6.45, 7) is -0.567. The van der Waals surface area contributed by atoms with Crippen LogP contribution in [-0.4, -0.2) is 21.6 Å². The van der Waals surface area contributed by atoms with Crippen molar-refractivity contribution in [1.82, 2.24) is 5.16 Å². The van der Waals surface area contributed by atoms with Gasteiger partial charge >= 0.3 is 6.09 Å². The zero-order valence-electron chi connectivity index (χ0n) is 13.0. The maximum atomic E-state index is 14.2. The average molecular weight is 440 g/mol. The van der Waals surface area contributed by atoms with E-state index in [2.05, 4.69) is 10.5 Å². The van der Waals surface area contributed by atoms with E-state index >= 15 is 0 Å². The Morgan fingerprint density at radius 1 is 1.19 bits per heavy atom. The van der Waals surface area contributed by atoms with Crippen LogP contribution in [0, 0.1) is 17.5 Å². The highest BCUT2D eigenvalue weighted by molar-refractivity contribution is 6.67. The van der Waals surface area contributed by atoms with Crippen molar-refractivity contribution >= 4 is 57.7 Å². The second kappa shape index (κ2) is 7.46. The maximum Gasteiger partial charge on any atom is 0.413 e. The second-order valence-electron chi connectivity index (χ2n) is 5.27. The number of nitrogens with one attached hydrogen (secondary N) is 1. The Hall–Kier alpha value is -2.16. The number of rotatable bonds is 3. The number of benzene rings is 2. The van der Waals surface area contributed by atoms with Gasteiger partial charge in [0.1, 0.15) is 24.1 Å². The highest BCUT2D eigenvalue weighted by Gasteiger charge is 2.25. The van der Waals surface area contributed by atoms with Crippen LogP contribution in [0.15, 0.2) is 34.9 Å². The quantitative estimate of drug-likeness (QED) is 0.522. The minimum atomic E-state index is -1.84. The summed E-state index contributed by atoms with van der Waals surface area (Å²) in [6, 6.07) is 5.00. The monoisotopic (exact) mass is 438 g/mol. The molecule has 0 fully saturated rings. The first-order valence-electron chi connectivity index (χ1n) is 7.19. The Morgan fingerprint density at radius 3 is 2.48 bits per heavy atom. The van der Waals surface area contributed by atoms with E-state index in [9.17, 15) is 18.0 Å². The van der Waals surface area contributed by atoms with Crippen molar-refractivity contribution < 1.29 is 27.2 Å². The van der Waals surface area contributed by atoms with E-state index in [4.69, 9.17) is 44.1 Å². The standard InChI is InChI=1S/C16H8Cl3F3N2O3/c17-16(18,19)6-26-15(25)23-14-13-8(4-7(20)5-11(13)27-24-14)12-9(21)2-1-3-10(12)22/h1-5H,6H2,(H,23,24,25). The summed E-state index contributed by atoms with van der Waals surface area (Å²) >= 11 is 16.4. The van der Waals surface area contributed by atoms with E-state index in [-0.39, 0.29) is 22.4 Å². The van der Waals surface area contributed by atoms with Crippen LogP contribution in [0.5, 0.6) is 0 Å². The number of carbonyl (C=O) groups excluding carboxylic acids is 1. The molecule has 0 aliphatic heterocycles. The number of anilines is 1. The molecule has 5 nitrogen and oxygen atoms in total. The van der Waals surface area contributed by atoms with E-state index < -0.39 is 39.5 Å². The molecule has 0 atom stereocenters. The largest absolute Gasteiger partial charge is 0.445 e. The van der Waals surface area contributed by atoms with Gasteiger partial charge in [-0.25, -0.2) is 18.0 Å². The molecule has 2 aromatic carbocycles. The number of amides is 1. The molecule has 142 valence electrons. The number of halogens is 6. The maximum absolute atomic E-state index is 14.2. The molecule has 0 radical (unpaired) electrons. The van der Waals surface area contributed by atoms with Crippen LogP contribution >= 0.6 is 34.8 Å². The summed E-state index contributed by atoms with van der Waals surface area (Å²) in [5.74, 6) is -2.95. The number of hydrogen-bond donors (Lipinski definition) is 1. The fourth-order valence-corrected chi connectivity index (χ4v) is 2.52. The van der Waals surface area contributed by atoms with E-state index in [1.807, 2.05) is 0 Å². The Bertz CT molecular complexity index is 1000. The van der Waals surface area contributed by atoms with Crippen molar-refractivity contribution in [3.05, 3.63) is 47.8 Å². The van der Waals surface area contributed by atoms with Gasteiger partial charge in [-0.3, -0.25) is 5.32 Å². The predicted octanol–water partition coefficient (Wildman–Crippen LogP) is 5.83. The van der Waals surface area contributed by atoms with Gasteiger partial charge in [-0.05, 0) is 18.2 Å². The number of hydrogen-bond acceptors (Lipinski definition) is 4. The molecule has 0 saturated carbocycles. The van der Waals surface area contributed by atoms with Crippen molar-refractivity contribution in [3.8, 4) is 11.1 Å². The van der Waals surface area contributed by atoms with E-state index in [1.54, 1.807) is 0 Å². The Morgan fingerprint density at radius 2 is 1.85 bits per heavy atom. The van der Waals surface area contributed by atoms with Crippen LogP contribution in [0.25, 0.3) is 22.1 Å². The molecule has 0 bridgehead atoms. The fourth-order valence-electron chi connectivity index (χ4n) is 2.36. The average Bonchev–Trinajstić information content (AvgIpc) is 2.94. The SMILES string of the molecule is O=C(Nc1noc2cc(F)cc(-c3c(F)cccc3F)c12)OCC(Cl)(Cl)Cl. The van der Waals surface area contributed by atoms with Crippen LogP contribution in [0.3, 0.4) is 0 Å². The summed E-state index contributed by atoms with van der Waals surface area (Å²) in [4.78, 5) is 11.8. The summed E-state index contributed by atoms with van der Waals surface area (Å²) in [6.07, 6.45) is -1.07. The van der Waals surface area contributed by atoms with Gasteiger partial charge in [-0.2, -0.15) is 0 Å². The van der Waals surface area contributed by atoms with Crippen LogP contribution < -0.4 is 5.32 Å². The molecule has 0 aliphatic rings. The van der Waals surface area contributed by atoms with Gasteiger partial charge in [0.25, 0.3) is 0 Å². The van der Waals surface area contributed by atoms with Crippen molar-refractivity contribution in [2.24, 2.45) is 0 Å². The highest BCUT2D eigenvalue weighted by Crippen LogP contribution is 2.37. The van der Waals surface area contributed by atoms with Gasteiger partial charge in [0.15, 0.2) is 11.4 Å². The van der Waals surface area contributed by atoms with Crippen LogP contribution in [0.1, 0.15) is 0 Å². The van der Waals surface area contributed by atoms with Gasteiger partial charge < -0.3 is 9.26 Å². The van der Waals surface area contributed by atoms with Crippen molar-refractivity contribution in [3.63, 3.8) is 0 Å². The number of nitrogens with zero attached hydrogens (tertiary/aromatic N) is 1. The molecular formula is C16H8Cl3F3N2O3. The Balaban J connectivity index is 2.05. The van der Waals surface area contributed by atoms with Gasteiger partial charge in [0, 0.05) is 11.6 Å². The third-order valence-electron chi connectivity index (χ3n) is 3.36. The van der Waals surface area contributed by atoms with E-state index in [1.165, 1.54) is 0 Å². The molecule has 1 amide bonds. The predicted molar refractivity (Wildman–Crippen MR) is 94.6 cm³/mol. The summed E-state index contributed by atoms with van der Waals surface area (Å²) in [5, 5.41) is 5.73. The summed E-state index contributed by atoms with van der Waals surface area (Å²) in [7, 11) is 0. The van der Waals surface area contributed by atoms with Crippen molar-refractivity contribution in [2.45, 2.75) is 3.79 Å². The molecule has 1 heterocycles. The molecule has 0 unspecified atom stereocenters. The highest BCUT2D eigenvalue weighted by atomic mass is 35.6. The molecule has 0 aliphatic carbocycles. The van der Waals surface area contributed by atoms with Crippen LogP contribution in [0.2, 0.25) is 0 Å². The molecule has 11 heteroatoms.